The van der Waals surface area contributed by atoms with E-state index in [1.807, 2.05) is 0 Å². The highest BCUT2D eigenvalue weighted by Crippen LogP contribution is 1.36. The van der Waals surface area contributed by atoms with E-state index in [9.17, 15) is 0 Å². The van der Waals surface area contributed by atoms with E-state index < -0.39 is 0 Å². The van der Waals surface area contributed by atoms with E-state index in [2.05, 4.69) is 359 Å². The highest BCUT2D eigenvalue weighted by molar-refractivity contribution is 7.82. The van der Waals surface area contributed by atoms with Crippen molar-refractivity contribution in [2.45, 2.75) is 7.43 Å². The first-order valence-corrected chi connectivity index (χ1v) is 35.5. The smallest absolute Gasteiger partial charge is 0 e. The van der Waals surface area contributed by atoms with Crippen LogP contribution in [0.15, 0.2) is 0 Å². The number of hydrogen-bond donors (Lipinski definition) is 26. The molecule has 0 saturated carbocycles. The monoisotopic (exact) mass is 1320 g/mol. The van der Waals surface area contributed by atoms with Gasteiger partial charge in [-0.25, -0.2) is 0 Å². The number of thiol groups is 26. The molecule has 0 rings (SSSR count). The predicted molar refractivity (Wildman–Crippen MR) is 422 cm³/mol. The Balaban J connectivity index is -0.00000000526. The third-order valence-corrected chi connectivity index (χ3v) is 0. The molecule has 0 aromatic heterocycles. The second kappa shape index (κ2) is 3090. The molecule has 0 aliphatic heterocycles. The van der Waals surface area contributed by atoms with Gasteiger partial charge >= 0.3 is 0 Å². The van der Waals surface area contributed by atoms with Crippen LogP contribution in [-0.4, -0.2) is 194 Å². The highest BCUT2D eigenvalue weighted by Gasteiger charge is 1.01. The highest BCUT2D eigenvalue weighted by atomic mass is 32.1. The number of hydrogen-bond acceptors (Lipinski definition) is 26. The van der Waals surface area contributed by atoms with E-state index in [4.69, 9.17) is 5.94 Å². The topological polar surface area (TPSA) is 0 Å². The molecule has 0 aliphatic carbocycles. The minimum absolute atomic E-state index is 0. The van der Waals surface area contributed by atoms with Gasteiger partial charge in [-0.2, -0.15) is 328 Å². The van der Waals surface area contributed by atoms with E-state index in [1.165, 1.54) is 0 Å². The lowest BCUT2D eigenvalue weighted by Crippen LogP contribution is -1.38. The molecule has 0 saturated heterocycles. The van der Waals surface area contributed by atoms with E-state index in [-0.39, 0.29) is 7.43 Å². The van der Waals surface area contributed by atoms with Crippen molar-refractivity contribution in [1.82, 2.24) is 0 Å². The van der Waals surface area contributed by atoms with Gasteiger partial charge in [-0.15, -0.1) is 0 Å². The van der Waals surface area contributed by atoms with Gasteiger partial charge in [0.1, 0.15) is 0 Å². The number of rotatable bonds is 0. The van der Waals surface area contributed by atoms with E-state index in [0.717, 1.165) is 0 Å². The molecule has 0 aromatic rings. The van der Waals surface area contributed by atoms with Gasteiger partial charge in [-0.1, -0.05) is 7.43 Å². The minimum Gasteiger partial charge on any atom is -0.183 e. The van der Waals surface area contributed by atoms with Crippen LogP contribution in [0.3, 0.4) is 0 Å². The molecule has 0 aromatic carbocycles. The second-order valence-corrected chi connectivity index (χ2v) is 0. The average Bonchev–Trinajstić information content (AvgIpc) is 3.50. The van der Waals surface area contributed by atoms with Crippen LogP contribution >= 0.6 is 328 Å². The molecule has 0 atom stereocenters. The van der Waals surface area contributed by atoms with Crippen molar-refractivity contribution in [3.8, 4) is 0 Å². The lowest BCUT2D eigenvalue weighted by molar-refractivity contribution is 2.50. The van der Waals surface area contributed by atoms with Crippen molar-refractivity contribution in [3.63, 3.8) is 0 Å². The Morgan fingerprint density at radius 3 is 0.140 bits per heavy atom. The van der Waals surface area contributed by atoms with Gasteiger partial charge in [0.25, 0.3) is 0 Å². The fraction of sp³-hybridized carbons (Fsp3) is 1.00. The largest absolute Gasteiger partial charge is 0.183 e. The maximum Gasteiger partial charge on any atom is 0 e. The molecule has 0 bridgehead atoms. The second-order valence-electron chi connectivity index (χ2n) is 0. The summed E-state index contributed by atoms with van der Waals surface area (Å²) >= 11 is 91.7. The van der Waals surface area contributed by atoms with Crippen molar-refractivity contribution in [1.29, 1.82) is 0 Å². The summed E-state index contributed by atoms with van der Waals surface area (Å²) in [4.78, 5) is 0. The fourth-order valence-corrected chi connectivity index (χ4v) is 0. The average molecular weight is 1320 g/mol. The van der Waals surface area contributed by atoms with Crippen molar-refractivity contribution >= 4 is 359 Å². The summed E-state index contributed by atoms with van der Waals surface area (Å²) in [5.74, 6) is 0. The Kier molecular flexibility index (Phi) is 9920. The van der Waals surface area contributed by atoms with E-state index in [0.29, 0.717) is 0 Å². The fourth-order valence-electron chi connectivity index (χ4n) is 0. The lowest BCUT2D eigenvalue weighted by Gasteiger charge is -1.11. The van der Waals surface area contributed by atoms with Crippen molar-refractivity contribution < 1.29 is 5.94 Å². The lowest BCUT2D eigenvalue weighted by atomic mass is 9.81. The molecule has 0 unspecified atom stereocenters. The Hall–Kier alpha value is 9.36. The third kappa shape index (κ3) is 3000. The SMILES string of the molecule is C.CS.CS.CS.CS.CS.CS.CS.CS.CS.CS.CS.CS.CS.CS.CS.CS.CS.CS.CS.CS.CS.CS.CS.CS.CS.CS.[2H][2H].[2H][2H].[B][B].[B][B]. The van der Waals surface area contributed by atoms with Gasteiger partial charge in [0.15, 0.2) is 0 Å². The van der Waals surface area contributed by atoms with Gasteiger partial charge < -0.3 is 0 Å². The first-order valence-electron chi connectivity index (χ1n) is 14.3. The van der Waals surface area contributed by atoms with Crippen LogP contribution in [0, 0.1) is 0 Å². The maximum absolute atomic E-state index is 5.00. The van der Waals surface area contributed by atoms with Crippen molar-refractivity contribution in [2.24, 2.45) is 0 Å². The molecule has 30 heteroatoms. The summed E-state index contributed by atoms with van der Waals surface area (Å²) in [6.07, 6.45) is 44.1. The molecule has 8 radical (unpaired) electrons. The zero-order valence-corrected chi connectivity index (χ0v) is 63.2. The first kappa shape index (κ1) is 183. The molecular formula is C27H112B4S26. The summed E-state index contributed by atoms with van der Waals surface area (Å²) in [5, 5.41) is 0. The van der Waals surface area contributed by atoms with Gasteiger partial charge in [-0.05, 0) is 163 Å². The Morgan fingerprint density at radius 2 is 0.140 bits per heavy atom. The Bertz CT molecular complexity index is 95.2. The van der Waals surface area contributed by atoms with E-state index in [1.54, 1.807) is 163 Å². The Morgan fingerprint density at radius 1 is 0.140 bits per heavy atom. The molecule has 0 amide bonds. The third-order valence-electron chi connectivity index (χ3n) is 0. The molecular weight excluding hydrogens is 1200 g/mol. The van der Waals surface area contributed by atoms with Crippen molar-refractivity contribution in [3.05, 3.63) is 0 Å². The molecule has 0 heterocycles. The van der Waals surface area contributed by atoms with Crippen LogP contribution in [0.25, 0.3) is 0 Å². The Labute approximate surface area is 527 Å². The van der Waals surface area contributed by atoms with Gasteiger partial charge in [0, 0.05) is 36.9 Å². The van der Waals surface area contributed by atoms with Crippen LogP contribution in [0.4, 0.5) is 0 Å². The quantitative estimate of drug-likeness (QED) is 0.0826. The zero-order chi connectivity index (χ0) is 60.0. The van der Waals surface area contributed by atoms with Crippen LogP contribution in [0.5, 0.6) is 0 Å². The molecule has 388 valence electrons. The molecule has 0 aliphatic rings. The predicted octanol–water partition coefficient (Wildman–Crippen LogP) is 13.8. The summed E-state index contributed by atoms with van der Waals surface area (Å²) < 4.78 is 20.0. The standard InChI is InChI=1S/26CH4S.CH4.2B2.2H2/c26*1-2;;2*1-2;;/h26*2H,1H3;1H4;;;2*1H/i;;;;;;;;;;;;;;;;;;;;;;;;;;;;;2*1+1D. The first-order chi connectivity index (χ1) is 30.0. The molecule has 0 N–H and O–H groups in total. The minimum atomic E-state index is 0. The molecule has 57 heavy (non-hydrogen) atoms. The summed E-state index contributed by atoms with van der Waals surface area (Å²) in [7, 11) is 16.0. The summed E-state index contributed by atoms with van der Waals surface area (Å²) in [6, 6.07) is 0. The van der Waals surface area contributed by atoms with Crippen molar-refractivity contribution in [2.75, 3.05) is 163 Å². The van der Waals surface area contributed by atoms with Gasteiger partial charge in [0.2, 0.25) is 0 Å². The van der Waals surface area contributed by atoms with E-state index >= 15 is 0 Å². The van der Waals surface area contributed by atoms with Crippen LogP contribution in [0.1, 0.15) is 13.4 Å². The van der Waals surface area contributed by atoms with Crippen LogP contribution in [0.2, 0.25) is 0 Å². The van der Waals surface area contributed by atoms with Gasteiger partial charge in [0.05, 0.1) is 0 Å². The summed E-state index contributed by atoms with van der Waals surface area (Å²) in [5.41, 5.74) is 0. The molecule has 0 fully saturated rings. The maximum atomic E-state index is 5.00. The zero-order valence-electron chi connectivity index (χ0n) is 43.9. The van der Waals surface area contributed by atoms with Crippen LogP contribution in [-0.2, 0) is 0 Å². The molecule has 0 spiro atoms. The molecule has 0 nitrogen and oxygen atoms in total. The van der Waals surface area contributed by atoms with Gasteiger partial charge in [-0.3, -0.25) is 0 Å². The van der Waals surface area contributed by atoms with Crippen LogP contribution < -0.4 is 0 Å². The summed E-state index contributed by atoms with van der Waals surface area (Å²) in [6.45, 7) is 0. The normalized spacial score (nSPS) is 3.16.